The van der Waals surface area contributed by atoms with Gasteiger partial charge in [0.25, 0.3) is 0 Å². The molecular formula is C14H24. The summed E-state index contributed by atoms with van der Waals surface area (Å²) in [7, 11) is 0. The number of hydrogen-bond acceptors (Lipinski definition) is 0. The Balaban J connectivity index is 2.72. The van der Waals surface area contributed by atoms with E-state index in [1.165, 1.54) is 24.0 Å². The normalized spacial score (nSPS) is 19.1. The number of rotatable bonds is 3. The predicted octanol–water partition coefficient (Wildman–Crippen LogP) is 4.73. The molecule has 0 atom stereocenters. The Kier molecular flexibility index (Phi) is 3.58. The lowest BCUT2D eigenvalue weighted by atomic mass is 9.89. The molecule has 0 aromatic rings. The summed E-state index contributed by atoms with van der Waals surface area (Å²) in [6.07, 6.45) is 2.68. The van der Waals surface area contributed by atoms with Crippen LogP contribution in [0.1, 0.15) is 54.4 Å². The minimum Gasteiger partial charge on any atom is -0.0630 e. The van der Waals surface area contributed by atoms with E-state index in [1.54, 1.807) is 11.1 Å². The van der Waals surface area contributed by atoms with Crippen LogP contribution in [0.25, 0.3) is 0 Å². The second kappa shape index (κ2) is 4.33. The van der Waals surface area contributed by atoms with Crippen molar-refractivity contribution < 1.29 is 0 Å². The number of allylic oxidation sites excluding steroid dienone is 4. The summed E-state index contributed by atoms with van der Waals surface area (Å²) in [6.45, 7) is 13.8. The fourth-order valence-corrected chi connectivity index (χ4v) is 2.37. The summed E-state index contributed by atoms with van der Waals surface area (Å²) in [6, 6.07) is 0. The van der Waals surface area contributed by atoms with Crippen molar-refractivity contribution in [2.75, 3.05) is 0 Å². The van der Waals surface area contributed by atoms with Crippen molar-refractivity contribution in [2.24, 2.45) is 11.8 Å². The molecule has 0 aliphatic heterocycles. The quantitative estimate of drug-likeness (QED) is 0.606. The Morgan fingerprint density at radius 2 is 1.36 bits per heavy atom. The molecule has 0 aromatic heterocycles. The van der Waals surface area contributed by atoms with E-state index in [1.807, 2.05) is 0 Å². The maximum absolute atomic E-state index is 2.31. The molecule has 0 nitrogen and oxygen atoms in total. The van der Waals surface area contributed by atoms with Gasteiger partial charge in [0.05, 0.1) is 0 Å². The largest absolute Gasteiger partial charge is 0.0630 e. The molecule has 80 valence electrons. The van der Waals surface area contributed by atoms with Crippen LogP contribution in [0, 0.1) is 11.8 Å². The molecule has 0 spiro atoms. The second-order valence-electron chi connectivity index (χ2n) is 5.14. The third-order valence-corrected chi connectivity index (χ3v) is 3.82. The van der Waals surface area contributed by atoms with Crippen LogP contribution < -0.4 is 0 Å². The van der Waals surface area contributed by atoms with E-state index in [2.05, 4.69) is 41.5 Å². The fourth-order valence-electron chi connectivity index (χ4n) is 2.37. The van der Waals surface area contributed by atoms with Crippen LogP contribution in [0.2, 0.25) is 0 Å². The molecule has 0 amide bonds. The van der Waals surface area contributed by atoms with Crippen molar-refractivity contribution in [3.8, 4) is 0 Å². The van der Waals surface area contributed by atoms with Gasteiger partial charge in [-0.2, -0.15) is 0 Å². The van der Waals surface area contributed by atoms with Crippen molar-refractivity contribution >= 4 is 0 Å². The maximum Gasteiger partial charge on any atom is 0.00131 e. The maximum atomic E-state index is 2.31. The third kappa shape index (κ3) is 2.10. The van der Waals surface area contributed by atoms with Crippen LogP contribution >= 0.6 is 0 Å². The summed E-state index contributed by atoms with van der Waals surface area (Å²) < 4.78 is 0. The highest BCUT2D eigenvalue weighted by atomic mass is 14.3. The van der Waals surface area contributed by atoms with Crippen LogP contribution in [0.5, 0.6) is 0 Å². The molecule has 0 aromatic carbocycles. The summed E-state index contributed by atoms with van der Waals surface area (Å²) >= 11 is 0. The summed E-state index contributed by atoms with van der Waals surface area (Å²) in [5.74, 6) is 1.58. The van der Waals surface area contributed by atoms with Gasteiger partial charge < -0.3 is 0 Å². The van der Waals surface area contributed by atoms with Gasteiger partial charge in [-0.3, -0.25) is 0 Å². The van der Waals surface area contributed by atoms with Crippen molar-refractivity contribution in [1.82, 2.24) is 0 Å². The average molecular weight is 192 g/mol. The third-order valence-electron chi connectivity index (χ3n) is 3.82. The van der Waals surface area contributed by atoms with Gasteiger partial charge in [-0.15, -0.1) is 0 Å². The summed E-state index contributed by atoms with van der Waals surface area (Å²) in [5, 5.41) is 0. The van der Waals surface area contributed by atoms with Crippen LogP contribution in [-0.4, -0.2) is 0 Å². The van der Waals surface area contributed by atoms with Crippen molar-refractivity contribution in [2.45, 2.75) is 54.4 Å². The first-order valence-electron chi connectivity index (χ1n) is 5.80. The van der Waals surface area contributed by atoms with Gasteiger partial charge in [0.2, 0.25) is 0 Å². The molecular weight excluding hydrogens is 168 g/mol. The smallest absolute Gasteiger partial charge is 0.00131 e. The molecule has 0 saturated heterocycles. The van der Waals surface area contributed by atoms with Crippen LogP contribution in [0.4, 0.5) is 0 Å². The molecule has 0 N–H and O–H groups in total. The van der Waals surface area contributed by atoms with Gasteiger partial charge in [-0.1, -0.05) is 31.4 Å². The predicted molar refractivity (Wildman–Crippen MR) is 64.3 cm³/mol. The summed E-state index contributed by atoms with van der Waals surface area (Å²) in [4.78, 5) is 0. The monoisotopic (exact) mass is 192 g/mol. The lowest BCUT2D eigenvalue weighted by molar-refractivity contribution is 0.504. The molecule has 14 heavy (non-hydrogen) atoms. The van der Waals surface area contributed by atoms with Gasteiger partial charge in [-0.05, 0) is 51.2 Å². The van der Waals surface area contributed by atoms with Gasteiger partial charge >= 0.3 is 0 Å². The molecule has 0 saturated carbocycles. The Hall–Kier alpha value is -0.520. The zero-order valence-electron chi connectivity index (χ0n) is 10.6. The number of hydrogen-bond donors (Lipinski definition) is 0. The van der Waals surface area contributed by atoms with E-state index >= 15 is 0 Å². The van der Waals surface area contributed by atoms with Gasteiger partial charge in [0.15, 0.2) is 0 Å². The molecule has 0 radical (unpaired) electrons. The lowest BCUT2D eigenvalue weighted by Gasteiger charge is -2.16. The Labute approximate surface area is 89.1 Å². The first kappa shape index (κ1) is 11.6. The van der Waals surface area contributed by atoms with E-state index < -0.39 is 0 Å². The Morgan fingerprint density at radius 3 is 1.71 bits per heavy atom. The van der Waals surface area contributed by atoms with Crippen molar-refractivity contribution in [1.29, 1.82) is 0 Å². The van der Waals surface area contributed by atoms with E-state index in [4.69, 9.17) is 0 Å². The van der Waals surface area contributed by atoms with Crippen LogP contribution in [-0.2, 0) is 0 Å². The Morgan fingerprint density at radius 1 is 0.929 bits per heavy atom. The van der Waals surface area contributed by atoms with Gasteiger partial charge in [-0.25, -0.2) is 0 Å². The first-order chi connectivity index (χ1) is 6.45. The highest BCUT2D eigenvalue weighted by Gasteiger charge is 2.23. The van der Waals surface area contributed by atoms with E-state index in [-0.39, 0.29) is 0 Å². The molecule has 0 heteroatoms. The van der Waals surface area contributed by atoms with Crippen LogP contribution in [0.3, 0.4) is 0 Å². The molecule has 0 fully saturated rings. The van der Waals surface area contributed by atoms with Gasteiger partial charge in [0.1, 0.15) is 0 Å². The molecule has 1 rings (SSSR count). The molecule has 1 aliphatic rings. The van der Waals surface area contributed by atoms with Gasteiger partial charge in [0, 0.05) is 5.92 Å². The van der Waals surface area contributed by atoms with E-state index in [0.29, 0.717) is 0 Å². The fraction of sp³-hybridized carbons (Fsp3) is 0.714. The standard InChI is InChI=1S/C14H24/c1-9(2)7-8-14-12(5)10(3)11(4)13(14)6/h9,14H,7-8H2,1-6H3. The summed E-state index contributed by atoms with van der Waals surface area (Å²) in [5.41, 5.74) is 6.30. The van der Waals surface area contributed by atoms with Crippen LogP contribution in [0.15, 0.2) is 22.3 Å². The molecule has 1 aliphatic carbocycles. The molecule has 0 heterocycles. The SMILES string of the molecule is CC1=C(C)C(CCC(C)C)C(C)=C1C. The van der Waals surface area contributed by atoms with E-state index in [9.17, 15) is 0 Å². The van der Waals surface area contributed by atoms with Crippen molar-refractivity contribution in [3.63, 3.8) is 0 Å². The minimum absolute atomic E-state index is 0.748. The highest BCUT2D eigenvalue weighted by molar-refractivity contribution is 5.46. The Bertz CT molecular complexity index is 252. The lowest BCUT2D eigenvalue weighted by Crippen LogP contribution is -2.03. The zero-order valence-corrected chi connectivity index (χ0v) is 10.6. The second-order valence-corrected chi connectivity index (χ2v) is 5.14. The first-order valence-corrected chi connectivity index (χ1v) is 5.80. The molecule has 0 unspecified atom stereocenters. The topological polar surface area (TPSA) is 0 Å². The zero-order chi connectivity index (χ0) is 10.9. The van der Waals surface area contributed by atoms with Crippen molar-refractivity contribution in [3.05, 3.63) is 22.3 Å². The molecule has 0 bridgehead atoms. The van der Waals surface area contributed by atoms with E-state index in [0.717, 1.165) is 11.8 Å². The average Bonchev–Trinajstić information content (AvgIpc) is 2.29. The highest BCUT2D eigenvalue weighted by Crippen LogP contribution is 2.39. The minimum atomic E-state index is 0.748.